The van der Waals surface area contributed by atoms with E-state index in [2.05, 4.69) is 15.1 Å². The number of nitrogens with one attached hydrogen (secondary N) is 1. The van der Waals surface area contributed by atoms with Crippen molar-refractivity contribution in [3.63, 3.8) is 0 Å². The van der Waals surface area contributed by atoms with Crippen LogP contribution in [0.25, 0.3) is 0 Å². The van der Waals surface area contributed by atoms with Crippen LogP contribution in [0.3, 0.4) is 0 Å². The SMILES string of the molecule is CN(C)CCC(=O)N(CC1CC1)CC1CCCN1. The lowest BCUT2D eigenvalue weighted by Gasteiger charge is -2.26. The van der Waals surface area contributed by atoms with E-state index in [9.17, 15) is 4.79 Å². The summed E-state index contributed by atoms with van der Waals surface area (Å²) in [4.78, 5) is 16.5. The second kappa shape index (κ2) is 6.53. The molecule has 1 atom stereocenters. The lowest BCUT2D eigenvalue weighted by molar-refractivity contribution is -0.132. The highest BCUT2D eigenvalue weighted by Crippen LogP contribution is 2.30. The molecule has 1 aliphatic heterocycles. The molecular formula is C14H27N3O. The zero-order valence-corrected chi connectivity index (χ0v) is 11.8. The number of amides is 1. The van der Waals surface area contributed by atoms with Crippen LogP contribution in [0, 0.1) is 5.92 Å². The Morgan fingerprint density at radius 1 is 1.22 bits per heavy atom. The average Bonchev–Trinajstić information content (AvgIpc) is 2.99. The van der Waals surface area contributed by atoms with Crippen LogP contribution in [-0.2, 0) is 4.79 Å². The van der Waals surface area contributed by atoms with Gasteiger partial charge in [0.05, 0.1) is 0 Å². The summed E-state index contributed by atoms with van der Waals surface area (Å²) < 4.78 is 0. The third-order valence-corrected chi connectivity index (χ3v) is 3.90. The minimum atomic E-state index is 0.337. The Balaban J connectivity index is 1.80. The van der Waals surface area contributed by atoms with Crippen molar-refractivity contribution in [2.45, 2.75) is 38.1 Å². The summed E-state index contributed by atoms with van der Waals surface area (Å²) in [5, 5.41) is 3.50. The summed E-state index contributed by atoms with van der Waals surface area (Å²) in [6, 6.07) is 0.534. The average molecular weight is 253 g/mol. The van der Waals surface area contributed by atoms with Crippen molar-refractivity contribution in [1.29, 1.82) is 0 Å². The predicted molar refractivity (Wildman–Crippen MR) is 73.5 cm³/mol. The van der Waals surface area contributed by atoms with Gasteiger partial charge in [0.15, 0.2) is 0 Å². The molecule has 1 unspecified atom stereocenters. The smallest absolute Gasteiger partial charge is 0.223 e. The maximum atomic E-state index is 12.3. The van der Waals surface area contributed by atoms with Crippen LogP contribution < -0.4 is 5.32 Å². The number of carbonyl (C=O) groups excluding carboxylic acids is 1. The van der Waals surface area contributed by atoms with Crippen LogP contribution in [0.1, 0.15) is 32.1 Å². The van der Waals surface area contributed by atoms with Crippen molar-refractivity contribution >= 4 is 5.91 Å². The van der Waals surface area contributed by atoms with E-state index in [0.29, 0.717) is 18.4 Å². The normalized spacial score (nSPS) is 23.6. The monoisotopic (exact) mass is 253 g/mol. The molecule has 0 aromatic rings. The maximum Gasteiger partial charge on any atom is 0.223 e. The largest absolute Gasteiger partial charge is 0.341 e. The van der Waals surface area contributed by atoms with Crippen molar-refractivity contribution in [2.24, 2.45) is 5.92 Å². The summed E-state index contributed by atoms with van der Waals surface area (Å²) in [7, 11) is 4.05. The molecule has 4 nitrogen and oxygen atoms in total. The van der Waals surface area contributed by atoms with E-state index < -0.39 is 0 Å². The van der Waals surface area contributed by atoms with Gasteiger partial charge >= 0.3 is 0 Å². The third-order valence-electron chi connectivity index (χ3n) is 3.90. The molecule has 1 saturated heterocycles. The predicted octanol–water partition coefficient (Wildman–Crippen LogP) is 0.929. The van der Waals surface area contributed by atoms with Crippen LogP contribution in [0.2, 0.25) is 0 Å². The quantitative estimate of drug-likeness (QED) is 0.733. The molecule has 0 aromatic heterocycles. The highest BCUT2D eigenvalue weighted by molar-refractivity contribution is 5.76. The number of rotatable bonds is 7. The van der Waals surface area contributed by atoms with Crippen LogP contribution in [0.4, 0.5) is 0 Å². The molecular weight excluding hydrogens is 226 g/mol. The zero-order chi connectivity index (χ0) is 13.0. The summed E-state index contributed by atoms with van der Waals surface area (Å²) in [6.45, 7) is 3.89. The minimum absolute atomic E-state index is 0.337. The first-order chi connectivity index (χ1) is 8.65. The Bertz CT molecular complexity index is 270. The summed E-state index contributed by atoms with van der Waals surface area (Å²) in [6.07, 6.45) is 5.77. The summed E-state index contributed by atoms with van der Waals surface area (Å²) in [5.41, 5.74) is 0. The highest BCUT2D eigenvalue weighted by atomic mass is 16.2. The molecule has 1 amide bonds. The number of carbonyl (C=O) groups is 1. The van der Waals surface area contributed by atoms with Gasteiger partial charge in [-0.1, -0.05) is 0 Å². The van der Waals surface area contributed by atoms with Crippen molar-refractivity contribution in [2.75, 3.05) is 40.3 Å². The van der Waals surface area contributed by atoms with Gasteiger partial charge < -0.3 is 15.1 Å². The minimum Gasteiger partial charge on any atom is -0.341 e. The van der Waals surface area contributed by atoms with Crippen molar-refractivity contribution in [3.05, 3.63) is 0 Å². The van der Waals surface area contributed by atoms with Gasteiger partial charge in [-0.25, -0.2) is 0 Å². The van der Waals surface area contributed by atoms with E-state index in [0.717, 1.165) is 32.1 Å². The van der Waals surface area contributed by atoms with E-state index >= 15 is 0 Å². The van der Waals surface area contributed by atoms with Gasteiger partial charge in [0.1, 0.15) is 0 Å². The molecule has 0 aromatic carbocycles. The fourth-order valence-corrected chi connectivity index (χ4v) is 2.55. The second-order valence-electron chi connectivity index (χ2n) is 6.09. The highest BCUT2D eigenvalue weighted by Gasteiger charge is 2.28. The number of nitrogens with zero attached hydrogens (tertiary/aromatic N) is 2. The van der Waals surface area contributed by atoms with Crippen LogP contribution in [0.5, 0.6) is 0 Å². The number of hydrogen-bond donors (Lipinski definition) is 1. The molecule has 1 aliphatic carbocycles. The van der Waals surface area contributed by atoms with Crippen LogP contribution >= 0.6 is 0 Å². The topological polar surface area (TPSA) is 35.6 Å². The molecule has 2 rings (SSSR count). The van der Waals surface area contributed by atoms with Gasteiger partial charge in [0.2, 0.25) is 5.91 Å². The lowest BCUT2D eigenvalue weighted by atomic mass is 10.2. The molecule has 1 heterocycles. The molecule has 0 spiro atoms. The molecule has 0 bridgehead atoms. The first-order valence-corrected chi connectivity index (χ1v) is 7.31. The Labute approximate surface area is 111 Å². The number of hydrogen-bond acceptors (Lipinski definition) is 3. The van der Waals surface area contributed by atoms with Crippen molar-refractivity contribution in [1.82, 2.24) is 15.1 Å². The summed E-state index contributed by atoms with van der Waals surface area (Å²) in [5.74, 6) is 1.12. The molecule has 4 heteroatoms. The van der Waals surface area contributed by atoms with Crippen molar-refractivity contribution in [3.8, 4) is 0 Å². The van der Waals surface area contributed by atoms with Crippen molar-refractivity contribution < 1.29 is 4.79 Å². The van der Waals surface area contributed by atoms with E-state index in [-0.39, 0.29) is 0 Å². The first-order valence-electron chi connectivity index (χ1n) is 7.31. The van der Waals surface area contributed by atoms with E-state index in [1.165, 1.54) is 25.7 Å². The van der Waals surface area contributed by atoms with Gasteiger partial charge in [0, 0.05) is 32.1 Å². The first kappa shape index (κ1) is 13.8. The molecule has 1 saturated carbocycles. The zero-order valence-electron chi connectivity index (χ0n) is 11.8. The second-order valence-corrected chi connectivity index (χ2v) is 6.09. The van der Waals surface area contributed by atoms with Gasteiger partial charge in [-0.3, -0.25) is 4.79 Å². The fourth-order valence-electron chi connectivity index (χ4n) is 2.55. The molecule has 104 valence electrons. The van der Waals surface area contributed by atoms with Gasteiger partial charge in [-0.15, -0.1) is 0 Å². The van der Waals surface area contributed by atoms with E-state index in [4.69, 9.17) is 0 Å². The van der Waals surface area contributed by atoms with Gasteiger partial charge in [-0.05, 0) is 52.2 Å². The molecule has 18 heavy (non-hydrogen) atoms. The Kier molecular flexibility index (Phi) is 5.01. The fraction of sp³-hybridized carbons (Fsp3) is 0.929. The standard InChI is InChI=1S/C14H27N3O/c1-16(2)9-7-14(18)17(10-12-5-6-12)11-13-4-3-8-15-13/h12-13,15H,3-11H2,1-2H3. The lowest BCUT2D eigenvalue weighted by Crippen LogP contribution is -2.42. The third kappa shape index (κ3) is 4.58. The van der Waals surface area contributed by atoms with Crippen LogP contribution in [-0.4, -0.2) is 62.0 Å². The van der Waals surface area contributed by atoms with E-state index in [1.807, 2.05) is 14.1 Å². The Morgan fingerprint density at radius 3 is 2.56 bits per heavy atom. The molecule has 1 N–H and O–H groups in total. The summed E-state index contributed by atoms with van der Waals surface area (Å²) >= 11 is 0. The Hall–Kier alpha value is -0.610. The van der Waals surface area contributed by atoms with Crippen LogP contribution in [0.15, 0.2) is 0 Å². The van der Waals surface area contributed by atoms with Gasteiger partial charge in [-0.2, -0.15) is 0 Å². The Morgan fingerprint density at radius 2 is 2.00 bits per heavy atom. The van der Waals surface area contributed by atoms with Gasteiger partial charge in [0.25, 0.3) is 0 Å². The molecule has 2 fully saturated rings. The van der Waals surface area contributed by atoms with E-state index in [1.54, 1.807) is 0 Å². The molecule has 0 radical (unpaired) electrons. The molecule has 2 aliphatic rings. The maximum absolute atomic E-state index is 12.3.